The lowest BCUT2D eigenvalue weighted by atomic mass is 10.0. The van der Waals surface area contributed by atoms with Gasteiger partial charge in [-0.05, 0) is 38.5 Å². The number of likely N-dealkylation sites (N-methyl/N-ethyl adjacent to an activating group) is 1. The zero-order valence-electron chi connectivity index (χ0n) is 33.1. The van der Waals surface area contributed by atoms with Crippen LogP contribution in [0.25, 0.3) is 0 Å². The quantitative estimate of drug-likeness (QED) is 0.0204. The lowest BCUT2D eigenvalue weighted by Crippen LogP contribution is -2.37. The molecule has 1 unspecified atom stereocenters. The molecule has 0 spiro atoms. The molecule has 0 rings (SSSR count). The summed E-state index contributed by atoms with van der Waals surface area (Å²) in [5.41, 5.74) is 0. The van der Waals surface area contributed by atoms with Gasteiger partial charge in [0.25, 0.3) is 7.82 Å². The Bertz CT molecular complexity index is 876. The van der Waals surface area contributed by atoms with E-state index in [-0.39, 0.29) is 26.1 Å². The number of unbranched alkanes of at least 4 members (excludes halogenated alkanes) is 21. The van der Waals surface area contributed by atoms with E-state index >= 15 is 0 Å². The number of phosphoric acid groups is 1. The van der Waals surface area contributed by atoms with Crippen LogP contribution >= 0.6 is 7.82 Å². The molecule has 0 amide bonds. The normalized spacial score (nSPS) is 13.8. The number of hydrogen-bond acceptors (Lipinski definition) is 8. The molecule has 0 saturated heterocycles. The van der Waals surface area contributed by atoms with Gasteiger partial charge in [-0.3, -0.25) is 14.2 Å². The summed E-state index contributed by atoms with van der Waals surface area (Å²) in [4.78, 5) is 37.4. The third-order valence-corrected chi connectivity index (χ3v) is 9.75. The fraction of sp³-hybridized carbons (Fsp3) is 0.900. The summed E-state index contributed by atoms with van der Waals surface area (Å²) in [6.45, 7) is 4.20. The molecule has 0 aliphatic heterocycles. The van der Waals surface area contributed by atoms with E-state index in [1.165, 1.54) is 103 Å². The first-order valence-corrected chi connectivity index (χ1v) is 21.9. The Morgan fingerprint density at radius 3 is 1.50 bits per heavy atom. The molecule has 0 aromatic carbocycles. The molecule has 10 heteroatoms. The van der Waals surface area contributed by atoms with Gasteiger partial charge in [0.05, 0.1) is 27.7 Å². The van der Waals surface area contributed by atoms with Gasteiger partial charge in [-0.1, -0.05) is 142 Å². The minimum Gasteiger partial charge on any atom is -0.756 e. The zero-order chi connectivity index (χ0) is 37.2. The lowest BCUT2D eigenvalue weighted by Gasteiger charge is -2.28. The Balaban J connectivity index is 4.41. The molecule has 2 atom stereocenters. The largest absolute Gasteiger partial charge is 0.756 e. The highest BCUT2D eigenvalue weighted by molar-refractivity contribution is 7.45. The van der Waals surface area contributed by atoms with Gasteiger partial charge in [-0.25, -0.2) is 0 Å². The number of phosphoric ester groups is 1. The third-order valence-electron chi connectivity index (χ3n) is 8.79. The van der Waals surface area contributed by atoms with E-state index in [2.05, 4.69) is 26.0 Å². The van der Waals surface area contributed by atoms with Crippen LogP contribution < -0.4 is 4.89 Å². The number of carbonyl (C=O) groups excluding carboxylic acids is 2. The van der Waals surface area contributed by atoms with Gasteiger partial charge in [0.15, 0.2) is 6.10 Å². The number of nitrogens with zero attached hydrogens (tertiary/aromatic N) is 1. The van der Waals surface area contributed by atoms with Crippen molar-refractivity contribution in [3.05, 3.63) is 12.2 Å². The molecule has 0 aliphatic rings. The molecule has 0 N–H and O–H groups in total. The molecule has 0 saturated carbocycles. The van der Waals surface area contributed by atoms with E-state index in [1.807, 2.05) is 21.1 Å². The Morgan fingerprint density at radius 2 is 1.02 bits per heavy atom. The fourth-order valence-electron chi connectivity index (χ4n) is 5.53. The third kappa shape index (κ3) is 36.5. The summed E-state index contributed by atoms with van der Waals surface area (Å²) in [7, 11) is 1.16. The highest BCUT2D eigenvalue weighted by Gasteiger charge is 2.21. The van der Waals surface area contributed by atoms with Crippen LogP contribution in [0.2, 0.25) is 0 Å². The van der Waals surface area contributed by atoms with Crippen molar-refractivity contribution in [2.75, 3.05) is 47.5 Å². The predicted octanol–water partition coefficient (Wildman–Crippen LogP) is 10.4. The number of ether oxygens (including phenoxy) is 2. The Labute approximate surface area is 307 Å². The molecular weight excluding hydrogens is 653 g/mol. The molecule has 0 aromatic rings. The monoisotopic (exact) mass is 732 g/mol. The minimum absolute atomic E-state index is 0.0301. The zero-order valence-corrected chi connectivity index (χ0v) is 34.0. The van der Waals surface area contributed by atoms with E-state index in [0.717, 1.165) is 38.5 Å². The van der Waals surface area contributed by atoms with Crippen LogP contribution in [-0.4, -0.2) is 70.0 Å². The van der Waals surface area contributed by atoms with Gasteiger partial charge in [0, 0.05) is 12.8 Å². The number of rotatable bonds is 37. The second-order valence-corrected chi connectivity index (χ2v) is 16.4. The van der Waals surface area contributed by atoms with E-state index in [1.54, 1.807) is 0 Å². The van der Waals surface area contributed by atoms with Crippen LogP contribution in [0.15, 0.2) is 12.2 Å². The lowest BCUT2D eigenvalue weighted by molar-refractivity contribution is -0.870. The maximum absolute atomic E-state index is 12.6. The van der Waals surface area contributed by atoms with Crippen LogP contribution in [0, 0.1) is 0 Å². The van der Waals surface area contributed by atoms with Crippen LogP contribution in [0.1, 0.15) is 181 Å². The van der Waals surface area contributed by atoms with E-state index < -0.39 is 32.5 Å². The molecule has 9 nitrogen and oxygen atoms in total. The minimum atomic E-state index is -4.62. The molecule has 0 aliphatic carbocycles. The van der Waals surface area contributed by atoms with Crippen molar-refractivity contribution in [2.24, 2.45) is 0 Å². The standard InChI is InChI=1S/C40H78NO8P/c1-6-8-10-12-14-16-18-20-22-24-26-28-30-32-39(42)46-36-38(37-48-50(44,45)47-35-34-41(3,4)5)49-40(43)33-31-29-27-25-23-21-19-17-15-13-11-9-7-2/h20,22,38H,6-19,21,23-37H2,1-5H3/b22-20+/t38-/m1/s1. The summed E-state index contributed by atoms with van der Waals surface area (Å²) < 4.78 is 33.8. The second kappa shape index (κ2) is 33.6. The summed E-state index contributed by atoms with van der Waals surface area (Å²) in [6, 6.07) is 0. The maximum Gasteiger partial charge on any atom is 0.306 e. The van der Waals surface area contributed by atoms with Crippen molar-refractivity contribution in [1.82, 2.24) is 0 Å². The molecule has 0 radical (unpaired) electrons. The average Bonchev–Trinajstić information content (AvgIpc) is 3.06. The van der Waals surface area contributed by atoms with E-state index in [4.69, 9.17) is 18.5 Å². The average molecular weight is 732 g/mol. The topological polar surface area (TPSA) is 111 Å². The summed E-state index contributed by atoms with van der Waals surface area (Å²) in [6.07, 6.45) is 32.3. The Morgan fingerprint density at radius 1 is 0.600 bits per heavy atom. The van der Waals surface area contributed by atoms with Gasteiger partial charge in [0.1, 0.15) is 19.8 Å². The molecule has 0 aromatic heterocycles. The van der Waals surface area contributed by atoms with Crippen molar-refractivity contribution >= 4 is 19.8 Å². The van der Waals surface area contributed by atoms with Crippen molar-refractivity contribution in [2.45, 2.75) is 187 Å². The summed E-state index contributed by atoms with van der Waals surface area (Å²) >= 11 is 0. The van der Waals surface area contributed by atoms with Gasteiger partial charge >= 0.3 is 11.9 Å². The smallest absolute Gasteiger partial charge is 0.306 e. The van der Waals surface area contributed by atoms with Crippen LogP contribution in [0.5, 0.6) is 0 Å². The fourth-order valence-corrected chi connectivity index (χ4v) is 6.26. The van der Waals surface area contributed by atoms with Crippen LogP contribution in [0.3, 0.4) is 0 Å². The van der Waals surface area contributed by atoms with Crippen molar-refractivity contribution < 1.29 is 42.1 Å². The van der Waals surface area contributed by atoms with Crippen molar-refractivity contribution in [3.8, 4) is 0 Å². The summed E-state index contributed by atoms with van der Waals surface area (Å²) in [5.74, 6) is -0.848. The van der Waals surface area contributed by atoms with Crippen LogP contribution in [0.4, 0.5) is 0 Å². The number of esters is 2. The Hall–Kier alpha value is -1.25. The Kier molecular flexibility index (Phi) is 32.7. The molecule has 50 heavy (non-hydrogen) atoms. The van der Waals surface area contributed by atoms with Crippen molar-refractivity contribution in [3.63, 3.8) is 0 Å². The first kappa shape index (κ1) is 48.8. The van der Waals surface area contributed by atoms with Gasteiger partial charge < -0.3 is 27.9 Å². The van der Waals surface area contributed by atoms with E-state index in [9.17, 15) is 19.0 Å². The molecule has 0 heterocycles. The van der Waals surface area contributed by atoms with Gasteiger partial charge in [-0.15, -0.1) is 0 Å². The number of quaternary nitrogens is 1. The van der Waals surface area contributed by atoms with Crippen molar-refractivity contribution in [1.29, 1.82) is 0 Å². The maximum atomic E-state index is 12.6. The molecule has 0 fully saturated rings. The number of carbonyl (C=O) groups is 2. The SMILES string of the molecule is CCCCCCCC/C=C/CCCCCC(=O)OC[C@H](COP(=O)([O-])OCC[N+](C)(C)C)OC(=O)CCCCCCCCCCCCCCC. The number of allylic oxidation sites excluding steroid dienone is 2. The highest BCUT2D eigenvalue weighted by Crippen LogP contribution is 2.38. The first-order valence-electron chi connectivity index (χ1n) is 20.4. The number of hydrogen-bond donors (Lipinski definition) is 0. The van der Waals surface area contributed by atoms with Gasteiger partial charge in [0.2, 0.25) is 0 Å². The van der Waals surface area contributed by atoms with Crippen LogP contribution in [-0.2, 0) is 32.7 Å². The van der Waals surface area contributed by atoms with Gasteiger partial charge in [-0.2, -0.15) is 0 Å². The van der Waals surface area contributed by atoms with E-state index in [0.29, 0.717) is 23.9 Å². The highest BCUT2D eigenvalue weighted by atomic mass is 31.2. The summed E-state index contributed by atoms with van der Waals surface area (Å²) in [5, 5.41) is 0. The first-order chi connectivity index (χ1) is 24.0. The second-order valence-electron chi connectivity index (χ2n) is 15.0. The molecule has 296 valence electrons. The predicted molar refractivity (Wildman–Crippen MR) is 204 cm³/mol. The molecular formula is C40H78NO8P. The molecule has 0 bridgehead atoms.